The Kier molecular flexibility index (Phi) is 9.87. The lowest BCUT2D eigenvalue weighted by Crippen LogP contribution is -2.56. The maximum absolute atomic E-state index is 12.7. The van der Waals surface area contributed by atoms with Gasteiger partial charge in [0, 0.05) is 36.5 Å². The van der Waals surface area contributed by atoms with E-state index < -0.39 is 11.9 Å². The molecule has 0 heterocycles. The topological polar surface area (TPSA) is 161 Å². The minimum Gasteiger partial charge on any atom is -0.478 e. The molecule has 0 bridgehead atoms. The van der Waals surface area contributed by atoms with Crippen molar-refractivity contribution in [3.8, 4) is 0 Å². The smallest absolute Gasteiger partial charge is 0.328 e. The van der Waals surface area contributed by atoms with E-state index >= 15 is 0 Å². The lowest BCUT2D eigenvalue weighted by Gasteiger charge is -2.59. The molecule has 0 unspecified atom stereocenters. The van der Waals surface area contributed by atoms with Crippen molar-refractivity contribution in [1.82, 2.24) is 0 Å². The third-order valence-electron chi connectivity index (χ3n) is 9.17. The van der Waals surface area contributed by atoms with Crippen LogP contribution in [0.15, 0.2) is 35.1 Å². The quantitative estimate of drug-likeness (QED) is 0.184. The van der Waals surface area contributed by atoms with E-state index in [1.807, 2.05) is 0 Å². The molecule has 0 aromatic rings. The van der Waals surface area contributed by atoms with Crippen molar-refractivity contribution >= 4 is 29.1 Å². The number of ketones is 1. The minimum absolute atomic E-state index is 0.130. The molecule has 0 aromatic carbocycles. The number of carbonyl (C=O) groups is 3. The van der Waals surface area contributed by atoms with Gasteiger partial charge in [-0.05, 0) is 68.1 Å². The SMILES string of the molecule is C=CCO/N=C1\C[C@@H]2[C@H](CC[C@]3(C)C(=O)CC[C@@H]23)[C@@]2(C)CC/C(=N\OCCN)C[C@H]12.O=C(O)/C=C/C(=O)O. The summed E-state index contributed by atoms with van der Waals surface area (Å²) in [6.45, 7) is 9.76. The molecule has 4 fully saturated rings. The second kappa shape index (κ2) is 12.7. The number of oxime groups is 2. The van der Waals surface area contributed by atoms with E-state index in [1.165, 1.54) is 0 Å². The summed E-state index contributed by atoms with van der Waals surface area (Å²) < 4.78 is 0. The summed E-state index contributed by atoms with van der Waals surface area (Å²) in [6, 6.07) is 0. The molecule has 10 heteroatoms. The van der Waals surface area contributed by atoms with Gasteiger partial charge in [-0.25, -0.2) is 9.59 Å². The van der Waals surface area contributed by atoms with Crippen molar-refractivity contribution in [2.75, 3.05) is 19.8 Å². The third kappa shape index (κ3) is 6.34. The van der Waals surface area contributed by atoms with Crippen molar-refractivity contribution in [2.24, 2.45) is 50.5 Å². The molecule has 4 aliphatic rings. The molecule has 10 nitrogen and oxygen atoms in total. The lowest BCUT2D eigenvalue weighted by molar-refractivity contribution is -0.134. The van der Waals surface area contributed by atoms with Gasteiger partial charge in [0.2, 0.25) is 0 Å². The predicted molar refractivity (Wildman–Crippen MR) is 143 cm³/mol. The first kappa shape index (κ1) is 29.5. The number of carbonyl (C=O) groups excluding carboxylic acids is 1. The Bertz CT molecular complexity index is 990. The van der Waals surface area contributed by atoms with Gasteiger partial charge in [0.25, 0.3) is 0 Å². The molecular formula is C28H41N3O7. The summed E-state index contributed by atoms with van der Waals surface area (Å²) in [6.07, 6.45) is 10.7. The molecule has 6 atom stereocenters. The number of aliphatic carboxylic acids is 2. The summed E-state index contributed by atoms with van der Waals surface area (Å²) in [5.41, 5.74) is 7.83. The van der Waals surface area contributed by atoms with E-state index in [1.54, 1.807) is 6.08 Å². The number of hydrogen-bond donors (Lipinski definition) is 3. The molecular weight excluding hydrogens is 490 g/mol. The Morgan fingerprint density at radius 1 is 1.05 bits per heavy atom. The number of rotatable bonds is 8. The Morgan fingerprint density at radius 3 is 2.39 bits per heavy atom. The Balaban J connectivity index is 0.000000436. The van der Waals surface area contributed by atoms with Crippen LogP contribution in [0.2, 0.25) is 0 Å². The molecule has 4 rings (SSSR count). The fraction of sp³-hybridized carbons (Fsp3) is 0.679. The molecule has 0 radical (unpaired) electrons. The highest BCUT2D eigenvalue weighted by atomic mass is 16.6. The van der Waals surface area contributed by atoms with Gasteiger partial charge in [-0.1, -0.05) is 36.8 Å². The first-order chi connectivity index (χ1) is 18.1. The summed E-state index contributed by atoms with van der Waals surface area (Å²) in [5, 5.41) is 24.6. The van der Waals surface area contributed by atoms with Gasteiger partial charge in [-0.15, -0.1) is 0 Å². The summed E-state index contributed by atoms with van der Waals surface area (Å²) >= 11 is 0. The number of nitrogens with zero attached hydrogens (tertiary/aromatic N) is 2. The van der Waals surface area contributed by atoms with Crippen LogP contribution in [0.25, 0.3) is 0 Å². The van der Waals surface area contributed by atoms with Gasteiger partial charge in [-0.2, -0.15) is 0 Å². The van der Waals surface area contributed by atoms with Crippen molar-refractivity contribution in [1.29, 1.82) is 0 Å². The summed E-state index contributed by atoms with van der Waals surface area (Å²) in [4.78, 5) is 42.8. The zero-order chi connectivity index (χ0) is 27.9. The van der Waals surface area contributed by atoms with Gasteiger partial charge in [0.05, 0.1) is 11.4 Å². The average molecular weight is 532 g/mol. The fourth-order valence-corrected chi connectivity index (χ4v) is 7.34. The average Bonchev–Trinajstić information content (AvgIpc) is 3.18. The van der Waals surface area contributed by atoms with Gasteiger partial charge in [0.1, 0.15) is 19.0 Å². The number of hydrogen-bond acceptors (Lipinski definition) is 8. The first-order valence-corrected chi connectivity index (χ1v) is 13.4. The largest absolute Gasteiger partial charge is 0.478 e. The van der Waals surface area contributed by atoms with Crippen LogP contribution < -0.4 is 5.73 Å². The van der Waals surface area contributed by atoms with Gasteiger partial charge in [-0.3, -0.25) is 4.79 Å². The Labute approximate surface area is 224 Å². The zero-order valence-corrected chi connectivity index (χ0v) is 22.4. The fourth-order valence-electron chi connectivity index (χ4n) is 7.34. The van der Waals surface area contributed by atoms with Crippen LogP contribution in [0.1, 0.15) is 65.2 Å². The second-order valence-electron chi connectivity index (χ2n) is 11.2. The first-order valence-electron chi connectivity index (χ1n) is 13.4. The maximum Gasteiger partial charge on any atom is 0.328 e. The van der Waals surface area contributed by atoms with Crippen LogP contribution in [-0.4, -0.2) is 59.1 Å². The lowest BCUT2D eigenvalue weighted by atomic mass is 9.45. The molecule has 4 N–H and O–H groups in total. The van der Waals surface area contributed by atoms with E-state index in [4.69, 9.17) is 25.6 Å². The normalized spacial score (nSPS) is 36.0. The van der Waals surface area contributed by atoms with E-state index in [9.17, 15) is 14.4 Å². The van der Waals surface area contributed by atoms with E-state index in [0.717, 1.165) is 62.8 Å². The molecule has 38 heavy (non-hydrogen) atoms. The molecule has 0 aromatic heterocycles. The molecule has 0 saturated heterocycles. The van der Waals surface area contributed by atoms with E-state index in [0.29, 0.717) is 61.4 Å². The highest BCUT2D eigenvalue weighted by Crippen LogP contribution is 2.64. The standard InChI is InChI=1S/C24H37N3O3.C4H4O4/c1-4-12-29-27-21-15-17-18-5-6-22(28)24(18,3)10-8-19(17)23(2)9-7-16(14-20(21)23)26-30-13-11-25;5-3(6)1-2-4(7)8/h4,17-20H,1,5-15,25H2,2-3H3;1-2H,(H,5,6)(H,7,8)/b26-16+,27-21+;2-1+/t17-,18-,19-,20+,23+,24-;/m0./s1. The number of carboxylic acids is 2. The van der Waals surface area contributed by atoms with Crippen molar-refractivity contribution < 1.29 is 34.3 Å². The molecule has 4 saturated carbocycles. The van der Waals surface area contributed by atoms with Crippen LogP contribution in [0.4, 0.5) is 0 Å². The van der Waals surface area contributed by atoms with Crippen LogP contribution in [0.5, 0.6) is 0 Å². The highest BCUT2D eigenvalue weighted by Gasteiger charge is 2.61. The van der Waals surface area contributed by atoms with Gasteiger partial charge < -0.3 is 25.6 Å². The molecule has 0 aliphatic heterocycles. The summed E-state index contributed by atoms with van der Waals surface area (Å²) in [7, 11) is 0. The van der Waals surface area contributed by atoms with Crippen LogP contribution in [-0.2, 0) is 24.1 Å². The second-order valence-corrected chi connectivity index (χ2v) is 11.2. The number of Topliss-reactive ketones (excluding diaryl/α,β-unsaturated/α-hetero) is 1. The predicted octanol–water partition coefficient (Wildman–Crippen LogP) is 3.81. The highest BCUT2D eigenvalue weighted by molar-refractivity contribution is 5.96. The van der Waals surface area contributed by atoms with Crippen LogP contribution in [0, 0.1) is 34.5 Å². The Morgan fingerprint density at radius 2 is 1.76 bits per heavy atom. The molecule has 0 spiro atoms. The zero-order valence-electron chi connectivity index (χ0n) is 22.4. The minimum atomic E-state index is -1.26. The van der Waals surface area contributed by atoms with E-state index in [2.05, 4.69) is 30.7 Å². The molecule has 4 aliphatic carbocycles. The third-order valence-corrected chi connectivity index (χ3v) is 9.17. The van der Waals surface area contributed by atoms with E-state index in [-0.39, 0.29) is 10.8 Å². The van der Waals surface area contributed by atoms with Crippen molar-refractivity contribution in [3.05, 3.63) is 24.8 Å². The van der Waals surface area contributed by atoms with Crippen LogP contribution >= 0.6 is 0 Å². The number of nitrogens with two attached hydrogens (primary N) is 1. The number of fused-ring (bicyclic) bond motifs is 5. The van der Waals surface area contributed by atoms with Crippen molar-refractivity contribution in [3.63, 3.8) is 0 Å². The van der Waals surface area contributed by atoms with Crippen molar-refractivity contribution in [2.45, 2.75) is 65.2 Å². The summed E-state index contributed by atoms with van der Waals surface area (Å²) in [5.74, 6) is -0.0755. The van der Waals surface area contributed by atoms with Gasteiger partial charge >= 0.3 is 11.9 Å². The monoisotopic (exact) mass is 531 g/mol. The molecule has 0 amide bonds. The maximum atomic E-state index is 12.7. The van der Waals surface area contributed by atoms with Gasteiger partial charge in [0.15, 0.2) is 0 Å². The Hall–Kier alpha value is -3.01. The van der Waals surface area contributed by atoms with Crippen LogP contribution in [0.3, 0.4) is 0 Å². The number of carboxylic acid groups (broad SMARTS) is 2. The molecule has 210 valence electrons.